The van der Waals surface area contributed by atoms with Crippen molar-refractivity contribution in [2.24, 2.45) is 0 Å². The molecule has 2 rings (SSSR count). The van der Waals surface area contributed by atoms with Crippen molar-refractivity contribution in [2.75, 3.05) is 5.73 Å². The van der Waals surface area contributed by atoms with Crippen molar-refractivity contribution in [3.8, 4) is 0 Å². The van der Waals surface area contributed by atoms with Crippen LogP contribution in [0.3, 0.4) is 0 Å². The van der Waals surface area contributed by atoms with E-state index >= 15 is 0 Å². The molecule has 0 radical (unpaired) electrons. The van der Waals surface area contributed by atoms with Gasteiger partial charge < -0.3 is 5.73 Å². The van der Waals surface area contributed by atoms with Gasteiger partial charge in [-0.05, 0) is 60.6 Å². The van der Waals surface area contributed by atoms with Gasteiger partial charge in [-0.25, -0.2) is 0 Å². The second-order valence-electron chi connectivity index (χ2n) is 5.99. The largest absolute Gasteiger partial charge is 0.399 e. The summed E-state index contributed by atoms with van der Waals surface area (Å²) in [5, 5.41) is 0. The zero-order chi connectivity index (χ0) is 15.1. The predicted octanol–water partition coefficient (Wildman–Crippen LogP) is 5.29. The minimum absolute atomic E-state index is 0.831. The summed E-state index contributed by atoms with van der Waals surface area (Å²) in [5.74, 6) is 0. The Morgan fingerprint density at radius 3 is 2.24 bits per heavy atom. The van der Waals surface area contributed by atoms with Gasteiger partial charge in [0.25, 0.3) is 0 Å². The highest BCUT2D eigenvalue weighted by Crippen LogP contribution is 2.18. The van der Waals surface area contributed by atoms with Gasteiger partial charge in [0.05, 0.1) is 0 Å². The summed E-state index contributed by atoms with van der Waals surface area (Å²) in [7, 11) is 0. The van der Waals surface area contributed by atoms with Crippen molar-refractivity contribution in [2.45, 2.75) is 52.4 Å². The second-order valence-corrected chi connectivity index (χ2v) is 5.99. The summed E-state index contributed by atoms with van der Waals surface area (Å²) in [4.78, 5) is 0. The molecule has 0 saturated heterocycles. The molecule has 1 heteroatoms. The number of aryl methyl sites for hydroxylation is 2. The topological polar surface area (TPSA) is 26.0 Å². The molecule has 2 aromatic carbocycles. The van der Waals surface area contributed by atoms with E-state index in [0.717, 1.165) is 12.1 Å². The predicted molar refractivity (Wildman–Crippen MR) is 92.7 cm³/mol. The molecule has 0 aliphatic heterocycles. The Morgan fingerprint density at radius 2 is 1.57 bits per heavy atom. The molecule has 0 bridgehead atoms. The Morgan fingerprint density at radius 1 is 0.857 bits per heavy atom. The van der Waals surface area contributed by atoms with E-state index in [4.69, 9.17) is 5.73 Å². The first kappa shape index (κ1) is 15.6. The summed E-state index contributed by atoms with van der Waals surface area (Å²) >= 11 is 0. The average molecular weight is 281 g/mol. The molecule has 0 unspecified atom stereocenters. The van der Waals surface area contributed by atoms with Gasteiger partial charge in [-0.1, -0.05) is 56.5 Å². The molecule has 0 aliphatic carbocycles. The van der Waals surface area contributed by atoms with Crippen LogP contribution in [0, 0.1) is 6.92 Å². The van der Waals surface area contributed by atoms with E-state index in [-0.39, 0.29) is 0 Å². The van der Waals surface area contributed by atoms with Crippen LogP contribution in [0.1, 0.15) is 54.9 Å². The highest BCUT2D eigenvalue weighted by molar-refractivity contribution is 5.41. The molecule has 0 saturated carbocycles. The lowest BCUT2D eigenvalue weighted by Gasteiger charge is -2.09. The monoisotopic (exact) mass is 281 g/mol. The normalized spacial score (nSPS) is 10.8. The van der Waals surface area contributed by atoms with E-state index in [1.165, 1.54) is 54.4 Å². The maximum Gasteiger partial charge on any atom is 0.0314 e. The fourth-order valence-corrected chi connectivity index (χ4v) is 2.76. The van der Waals surface area contributed by atoms with Gasteiger partial charge in [0.1, 0.15) is 0 Å². The maximum atomic E-state index is 5.73. The molecule has 0 heterocycles. The molecule has 112 valence electrons. The Bertz CT molecular complexity index is 555. The zero-order valence-corrected chi connectivity index (χ0v) is 13.4. The number of hydrogen-bond acceptors (Lipinski definition) is 1. The molecule has 1 nitrogen and oxygen atoms in total. The number of anilines is 1. The average Bonchev–Trinajstić information content (AvgIpc) is 2.48. The summed E-state index contributed by atoms with van der Waals surface area (Å²) in [5.41, 5.74) is 12.2. The first-order valence-corrected chi connectivity index (χ1v) is 8.12. The van der Waals surface area contributed by atoms with Crippen molar-refractivity contribution >= 4 is 5.69 Å². The Labute approximate surface area is 129 Å². The van der Waals surface area contributed by atoms with Gasteiger partial charge in [0.15, 0.2) is 0 Å². The molecule has 0 amide bonds. The lowest BCUT2D eigenvalue weighted by atomic mass is 9.97. The van der Waals surface area contributed by atoms with Crippen LogP contribution in [-0.2, 0) is 12.8 Å². The number of benzene rings is 2. The van der Waals surface area contributed by atoms with E-state index < -0.39 is 0 Å². The van der Waals surface area contributed by atoms with E-state index in [1.54, 1.807) is 0 Å². The smallest absolute Gasteiger partial charge is 0.0314 e. The van der Waals surface area contributed by atoms with Crippen molar-refractivity contribution < 1.29 is 0 Å². The highest BCUT2D eigenvalue weighted by atomic mass is 14.5. The molecular formula is C20H27N. The maximum absolute atomic E-state index is 5.73. The van der Waals surface area contributed by atoms with Gasteiger partial charge >= 0.3 is 0 Å². The summed E-state index contributed by atoms with van der Waals surface area (Å²) in [6, 6.07) is 15.1. The number of rotatable bonds is 7. The summed E-state index contributed by atoms with van der Waals surface area (Å²) in [6.07, 6.45) is 7.52. The van der Waals surface area contributed by atoms with Gasteiger partial charge in [-0.2, -0.15) is 0 Å². The van der Waals surface area contributed by atoms with Crippen LogP contribution in [0.15, 0.2) is 42.5 Å². The molecule has 0 aliphatic rings. The van der Waals surface area contributed by atoms with E-state index in [9.17, 15) is 0 Å². The highest BCUT2D eigenvalue weighted by Gasteiger charge is 2.02. The molecule has 0 aromatic heterocycles. The van der Waals surface area contributed by atoms with Gasteiger partial charge in [0.2, 0.25) is 0 Å². The van der Waals surface area contributed by atoms with Crippen LogP contribution in [0.25, 0.3) is 0 Å². The number of nitrogen functional groups attached to an aromatic ring is 1. The SMILES string of the molecule is CCCCCCc1ccc(Cc2ccc(N)cc2)cc1C. The second kappa shape index (κ2) is 7.87. The third-order valence-electron chi connectivity index (χ3n) is 4.09. The van der Waals surface area contributed by atoms with Crippen LogP contribution in [0.5, 0.6) is 0 Å². The fraction of sp³-hybridized carbons (Fsp3) is 0.400. The minimum atomic E-state index is 0.831. The molecular weight excluding hydrogens is 254 g/mol. The first-order valence-electron chi connectivity index (χ1n) is 8.12. The molecule has 21 heavy (non-hydrogen) atoms. The van der Waals surface area contributed by atoms with E-state index in [0.29, 0.717) is 0 Å². The summed E-state index contributed by atoms with van der Waals surface area (Å²) in [6.45, 7) is 4.50. The van der Waals surface area contributed by atoms with Crippen LogP contribution in [-0.4, -0.2) is 0 Å². The molecule has 0 atom stereocenters. The van der Waals surface area contributed by atoms with Crippen molar-refractivity contribution in [3.05, 3.63) is 64.7 Å². The van der Waals surface area contributed by atoms with Crippen molar-refractivity contribution in [1.82, 2.24) is 0 Å². The quantitative estimate of drug-likeness (QED) is 0.541. The zero-order valence-electron chi connectivity index (χ0n) is 13.4. The molecule has 2 N–H and O–H groups in total. The third-order valence-corrected chi connectivity index (χ3v) is 4.09. The number of hydrogen-bond donors (Lipinski definition) is 1. The minimum Gasteiger partial charge on any atom is -0.399 e. The van der Waals surface area contributed by atoms with Crippen LogP contribution >= 0.6 is 0 Å². The first-order chi connectivity index (χ1) is 10.2. The number of unbranched alkanes of at least 4 members (excludes halogenated alkanes) is 3. The third kappa shape index (κ3) is 4.93. The van der Waals surface area contributed by atoms with Gasteiger partial charge in [-0.3, -0.25) is 0 Å². The molecule has 0 fully saturated rings. The Balaban J connectivity index is 1.96. The standard InChI is InChI=1S/C20H27N/c1-3-4-5-6-7-19-11-8-18(14-16(19)2)15-17-9-12-20(21)13-10-17/h8-14H,3-7,15,21H2,1-2H3. The van der Waals surface area contributed by atoms with E-state index in [2.05, 4.69) is 44.2 Å². The molecule has 2 aromatic rings. The fourth-order valence-electron chi connectivity index (χ4n) is 2.76. The van der Waals surface area contributed by atoms with Crippen LogP contribution in [0.2, 0.25) is 0 Å². The van der Waals surface area contributed by atoms with Crippen molar-refractivity contribution in [1.29, 1.82) is 0 Å². The Hall–Kier alpha value is -1.76. The van der Waals surface area contributed by atoms with E-state index in [1.807, 2.05) is 12.1 Å². The lowest BCUT2D eigenvalue weighted by molar-refractivity contribution is 0.665. The van der Waals surface area contributed by atoms with Crippen LogP contribution < -0.4 is 5.73 Å². The van der Waals surface area contributed by atoms with Gasteiger partial charge in [0, 0.05) is 5.69 Å². The lowest BCUT2D eigenvalue weighted by Crippen LogP contribution is -1.94. The van der Waals surface area contributed by atoms with Crippen LogP contribution in [0.4, 0.5) is 5.69 Å². The Kier molecular flexibility index (Phi) is 5.86. The number of nitrogens with two attached hydrogens (primary N) is 1. The molecule has 0 spiro atoms. The van der Waals surface area contributed by atoms with Crippen molar-refractivity contribution in [3.63, 3.8) is 0 Å². The van der Waals surface area contributed by atoms with Gasteiger partial charge in [-0.15, -0.1) is 0 Å². The summed E-state index contributed by atoms with van der Waals surface area (Å²) < 4.78 is 0.